The number of benzene rings is 2. The summed E-state index contributed by atoms with van der Waals surface area (Å²) in [6, 6.07) is 16.6. The number of hydrogen-bond donors (Lipinski definition) is 0. The van der Waals surface area contributed by atoms with E-state index in [1.807, 2.05) is 37.4 Å². The number of carbonyl (C=O) groups is 1. The summed E-state index contributed by atoms with van der Waals surface area (Å²) in [7, 11) is 1.87. The van der Waals surface area contributed by atoms with Crippen LogP contribution in [-0.4, -0.2) is 23.6 Å². The van der Waals surface area contributed by atoms with Crippen LogP contribution in [0.4, 0.5) is 0 Å². The lowest BCUT2D eigenvalue weighted by atomic mass is 10.1. The SMILES string of the molecule is Cc1ccc(SCCC(=O)N(C)Cc2ccccc2)cc1C. The Bertz CT molecular complexity index is 625. The molecule has 0 aromatic heterocycles. The number of rotatable bonds is 6. The van der Waals surface area contributed by atoms with Crippen molar-refractivity contribution in [2.24, 2.45) is 0 Å². The number of hydrogen-bond acceptors (Lipinski definition) is 2. The van der Waals surface area contributed by atoms with Crippen molar-refractivity contribution < 1.29 is 4.79 Å². The second-order valence-electron chi connectivity index (χ2n) is 5.58. The molecule has 1 amide bonds. The van der Waals surface area contributed by atoms with Crippen LogP contribution in [0.1, 0.15) is 23.1 Å². The second kappa shape index (κ2) is 8.04. The Labute approximate surface area is 137 Å². The summed E-state index contributed by atoms with van der Waals surface area (Å²) in [5, 5.41) is 0. The Morgan fingerprint density at radius 1 is 1.05 bits per heavy atom. The van der Waals surface area contributed by atoms with Crippen LogP contribution < -0.4 is 0 Å². The first-order chi connectivity index (χ1) is 10.6. The van der Waals surface area contributed by atoms with E-state index in [1.165, 1.54) is 21.6 Å². The summed E-state index contributed by atoms with van der Waals surface area (Å²) in [5.41, 5.74) is 3.78. The van der Waals surface area contributed by atoms with Crippen LogP contribution in [0.2, 0.25) is 0 Å². The molecular weight excluding hydrogens is 290 g/mol. The van der Waals surface area contributed by atoms with Gasteiger partial charge in [-0.15, -0.1) is 11.8 Å². The Balaban J connectivity index is 1.78. The Hall–Kier alpha value is -1.74. The highest BCUT2D eigenvalue weighted by Crippen LogP contribution is 2.22. The minimum Gasteiger partial charge on any atom is -0.341 e. The molecule has 0 saturated heterocycles. The highest BCUT2D eigenvalue weighted by Gasteiger charge is 2.09. The lowest BCUT2D eigenvalue weighted by molar-refractivity contribution is -0.129. The van der Waals surface area contributed by atoms with Gasteiger partial charge in [0.15, 0.2) is 0 Å². The number of amides is 1. The predicted octanol–water partition coefficient (Wildman–Crippen LogP) is 4.44. The van der Waals surface area contributed by atoms with Crippen LogP contribution in [0.25, 0.3) is 0 Å². The lowest BCUT2D eigenvalue weighted by Crippen LogP contribution is -2.26. The minimum atomic E-state index is 0.195. The molecule has 0 spiro atoms. The normalized spacial score (nSPS) is 10.5. The fourth-order valence-corrected chi connectivity index (χ4v) is 3.13. The van der Waals surface area contributed by atoms with E-state index in [0.717, 1.165) is 5.75 Å². The average Bonchev–Trinajstić information content (AvgIpc) is 2.51. The lowest BCUT2D eigenvalue weighted by Gasteiger charge is -2.17. The maximum atomic E-state index is 12.2. The maximum absolute atomic E-state index is 12.2. The van der Waals surface area contributed by atoms with E-state index < -0.39 is 0 Å². The van der Waals surface area contributed by atoms with Crippen LogP contribution in [0.5, 0.6) is 0 Å². The highest BCUT2D eigenvalue weighted by molar-refractivity contribution is 7.99. The van der Waals surface area contributed by atoms with Gasteiger partial charge in [-0.3, -0.25) is 4.79 Å². The minimum absolute atomic E-state index is 0.195. The van der Waals surface area contributed by atoms with Gasteiger partial charge in [0.05, 0.1) is 0 Å². The molecule has 3 heteroatoms. The molecule has 116 valence electrons. The van der Waals surface area contributed by atoms with Crippen molar-refractivity contribution in [2.75, 3.05) is 12.8 Å². The number of nitrogens with zero attached hydrogens (tertiary/aromatic N) is 1. The molecule has 2 nitrogen and oxygen atoms in total. The highest BCUT2D eigenvalue weighted by atomic mass is 32.2. The summed E-state index contributed by atoms with van der Waals surface area (Å²) >= 11 is 1.75. The van der Waals surface area contributed by atoms with Crippen molar-refractivity contribution in [1.82, 2.24) is 4.90 Å². The van der Waals surface area contributed by atoms with E-state index >= 15 is 0 Å². The molecule has 2 aromatic carbocycles. The summed E-state index contributed by atoms with van der Waals surface area (Å²) in [6.07, 6.45) is 0.570. The predicted molar refractivity (Wildman–Crippen MR) is 94.2 cm³/mol. The molecule has 0 unspecified atom stereocenters. The quantitative estimate of drug-likeness (QED) is 0.735. The van der Waals surface area contributed by atoms with Gasteiger partial charge in [0, 0.05) is 30.7 Å². The van der Waals surface area contributed by atoms with Crippen LogP contribution in [0, 0.1) is 13.8 Å². The van der Waals surface area contributed by atoms with Crippen molar-refractivity contribution in [3.63, 3.8) is 0 Å². The first-order valence-corrected chi connectivity index (χ1v) is 8.53. The monoisotopic (exact) mass is 313 g/mol. The van der Waals surface area contributed by atoms with E-state index in [0.29, 0.717) is 13.0 Å². The zero-order valence-electron chi connectivity index (χ0n) is 13.5. The maximum Gasteiger partial charge on any atom is 0.223 e. The fourth-order valence-electron chi connectivity index (χ4n) is 2.20. The van der Waals surface area contributed by atoms with Gasteiger partial charge in [0.2, 0.25) is 5.91 Å². The van der Waals surface area contributed by atoms with Gasteiger partial charge in [-0.2, -0.15) is 0 Å². The summed E-state index contributed by atoms with van der Waals surface area (Å²) in [4.78, 5) is 15.2. The zero-order valence-corrected chi connectivity index (χ0v) is 14.3. The van der Waals surface area contributed by atoms with Gasteiger partial charge in [-0.05, 0) is 42.7 Å². The van der Waals surface area contributed by atoms with E-state index in [9.17, 15) is 4.79 Å². The summed E-state index contributed by atoms with van der Waals surface area (Å²) in [5.74, 6) is 1.01. The zero-order chi connectivity index (χ0) is 15.9. The third-order valence-electron chi connectivity index (χ3n) is 3.75. The molecule has 0 N–H and O–H groups in total. The molecule has 0 bridgehead atoms. The van der Waals surface area contributed by atoms with Crippen molar-refractivity contribution >= 4 is 17.7 Å². The third-order valence-corrected chi connectivity index (χ3v) is 4.75. The van der Waals surface area contributed by atoms with E-state index in [2.05, 4.69) is 32.0 Å². The van der Waals surface area contributed by atoms with Crippen molar-refractivity contribution in [1.29, 1.82) is 0 Å². The molecule has 0 heterocycles. The Morgan fingerprint density at radius 2 is 1.77 bits per heavy atom. The Morgan fingerprint density at radius 3 is 2.45 bits per heavy atom. The van der Waals surface area contributed by atoms with Gasteiger partial charge in [-0.1, -0.05) is 36.4 Å². The third kappa shape index (κ3) is 4.92. The van der Waals surface area contributed by atoms with Crippen molar-refractivity contribution in [3.8, 4) is 0 Å². The molecule has 0 radical (unpaired) electrons. The molecule has 0 aliphatic heterocycles. The molecule has 0 aliphatic carbocycles. The largest absolute Gasteiger partial charge is 0.341 e. The Kier molecular flexibility index (Phi) is 6.08. The molecule has 0 fully saturated rings. The van der Waals surface area contributed by atoms with Crippen LogP contribution in [0.15, 0.2) is 53.4 Å². The summed E-state index contributed by atoms with van der Waals surface area (Å²) < 4.78 is 0. The first kappa shape index (κ1) is 16.6. The van der Waals surface area contributed by atoms with E-state index in [4.69, 9.17) is 0 Å². The first-order valence-electron chi connectivity index (χ1n) is 7.54. The average molecular weight is 313 g/mol. The van der Waals surface area contributed by atoms with E-state index in [-0.39, 0.29) is 5.91 Å². The number of carbonyl (C=O) groups excluding carboxylic acids is 1. The molecule has 2 aromatic rings. The molecule has 2 rings (SSSR count). The topological polar surface area (TPSA) is 20.3 Å². The van der Waals surface area contributed by atoms with Gasteiger partial charge >= 0.3 is 0 Å². The molecular formula is C19H23NOS. The van der Waals surface area contributed by atoms with Crippen LogP contribution in [0.3, 0.4) is 0 Å². The van der Waals surface area contributed by atoms with Gasteiger partial charge in [0.1, 0.15) is 0 Å². The van der Waals surface area contributed by atoms with Crippen molar-refractivity contribution in [2.45, 2.75) is 31.7 Å². The van der Waals surface area contributed by atoms with Gasteiger partial charge in [-0.25, -0.2) is 0 Å². The smallest absolute Gasteiger partial charge is 0.223 e. The molecule has 0 aliphatic rings. The van der Waals surface area contributed by atoms with Gasteiger partial charge in [0.25, 0.3) is 0 Å². The molecule has 22 heavy (non-hydrogen) atoms. The van der Waals surface area contributed by atoms with Crippen LogP contribution in [-0.2, 0) is 11.3 Å². The molecule has 0 saturated carbocycles. The second-order valence-corrected chi connectivity index (χ2v) is 6.75. The standard InChI is InChI=1S/C19H23NOS/c1-15-9-10-18(13-16(15)2)22-12-11-19(21)20(3)14-17-7-5-4-6-8-17/h4-10,13H,11-12,14H2,1-3H3. The van der Waals surface area contributed by atoms with E-state index in [1.54, 1.807) is 16.7 Å². The number of aryl methyl sites for hydroxylation is 2. The van der Waals surface area contributed by atoms with Gasteiger partial charge < -0.3 is 4.90 Å². The van der Waals surface area contributed by atoms with Crippen molar-refractivity contribution in [3.05, 3.63) is 65.2 Å². The van der Waals surface area contributed by atoms with Crippen LogP contribution >= 0.6 is 11.8 Å². The number of thioether (sulfide) groups is 1. The molecule has 0 atom stereocenters. The fraction of sp³-hybridized carbons (Fsp3) is 0.316. The summed E-state index contributed by atoms with van der Waals surface area (Å²) in [6.45, 7) is 4.91.